The summed E-state index contributed by atoms with van der Waals surface area (Å²) in [6, 6.07) is 7.52. The van der Waals surface area contributed by atoms with E-state index >= 15 is 0 Å². The van der Waals surface area contributed by atoms with E-state index in [0.29, 0.717) is 5.56 Å². The van der Waals surface area contributed by atoms with Crippen LogP contribution in [0.3, 0.4) is 0 Å². The first-order valence-corrected chi connectivity index (χ1v) is 5.85. The number of aryl methyl sites for hydroxylation is 1. The van der Waals surface area contributed by atoms with Crippen LogP contribution < -0.4 is 0 Å². The summed E-state index contributed by atoms with van der Waals surface area (Å²) in [6.45, 7) is 1.80. The van der Waals surface area contributed by atoms with Crippen molar-refractivity contribution in [2.24, 2.45) is 0 Å². The highest BCUT2D eigenvalue weighted by atomic mass is 19.2. The van der Waals surface area contributed by atoms with Crippen LogP contribution in [0, 0.1) is 24.4 Å². The molecule has 2 aromatic carbocycles. The Hall–Kier alpha value is -1.81. The monoisotopic (exact) mass is 266 g/mol. The van der Waals surface area contributed by atoms with Crippen LogP contribution >= 0.6 is 0 Å². The molecule has 2 aromatic rings. The summed E-state index contributed by atoms with van der Waals surface area (Å²) in [6.07, 6.45) is -0.857. The van der Waals surface area contributed by atoms with Gasteiger partial charge >= 0.3 is 0 Å². The van der Waals surface area contributed by atoms with Gasteiger partial charge in [0, 0.05) is 6.42 Å². The fraction of sp³-hybridized carbons (Fsp3) is 0.200. The number of aliphatic hydroxyl groups is 1. The van der Waals surface area contributed by atoms with Crippen LogP contribution in [0.2, 0.25) is 0 Å². The molecule has 1 nitrogen and oxygen atoms in total. The van der Waals surface area contributed by atoms with Gasteiger partial charge in [0.1, 0.15) is 5.82 Å². The second-order valence-electron chi connectivity index (χ2n) is 4.46. The van der Waals surface area contributed by atoms with Crippen LogP contribution in [0.25, 0.3) is 0 Å². The molecular weight excluding hydrogens is 253 g/mol. The molecule has 2 rings (SSSR count). The maximum absolute atomic E-state index is 13.1. The van der Waals surface area contributed by atoms with Crippen molar-refractivity contribution in [3.63, 3.8) is 0 Å². The predicted molar refractivity (Wildman–Crippen MR) is 66.2 cm³/mol. The highest BCUT2D eigenvalue weighted by Gasteiger charge is 2.13. The Morgan fingerprint density at radius 2 is 1.74 bits per heavy atom. The number of hydrogen-bond acceptors (Lipinski definition) is 1. The number of benzene rings is 2. The molecule has 0 aliphatic rings. The summed E-state index contributed by atoms with van der Waals surface area (Å²) in [7, 11) is 0. The van der Waals surface area contributed by atoms with Gasteiger partial charge in [0.15, 0.2) is 11.6 Å². The molecular formula is C15H13F3O. The van der Waals surface area contributed by atoms with E-state index in [0.717, 1.165) is 17.7 Å². The molecule has 0 aliphatic heterocycles. The van der Waals surface area contributed by atoms with E-state index in [9.17, 15) is 18.3 Å². The summed E-state index contributed by atoms with van der Waals surface area (Å²) in [5.74, 6) is -2.36. The number of rotatable bonds is 3. The van der Waals surface area contributed by atoms with Gasteiger partial charge in [0.25, 0.3) is 0 Å². The maximum Gasteiger partial charge on any atom is 0.159 e. The van der Waals surface area contributed by atoms with Crippen LogP contribution in [0.4, 0.5) is 13.2 Å². The predicted octanol–water partition coefficient (Wildman–Crippen LogP) is 3.69. The fourth-order valence-corrected chi connectivity index (χ4v) is 1.91. The van der Waals surface area contributed by atoms with Crippen molar-refractivity contribution in [2.45, 2.75) is 19.4 Å². The zero-order valence-electron chi connectivity index (χ0n) is 10.3. The molecule has 0 saturated carbocycles. The molecule has 0 heterocycles. The number of aliphatic hydroxyl groups excluding tert-OH is 1. The van der Waals surface area contributed by atoms with Crippen molar-refractivity contribution in [3.05, 3.63) is 70.5 Å². The third-order valence-corrected chi connectivity index (χ3v) is 3.05. The maximum atomic E-state index is 13.1. The Bertz CT molecular complexity index is 596. The van der Waals surface area contributed by atoms with Crippen molar-refractivity contribution in [1.82, 2.24) is 0 Å². The van der Waals surface area contributed by atoms with Crippen LogP contribution in [-0.2, 0) is 6.42 Å². The largest absolute Gasteiger partial charge is 0.388 e. The summed E-state index contributed by atoms with van der Waals surface area (Å²) in [5.41, 5.74) is 1.74. The lowest BCUT2D eigenvalue weighted by Gasteiger charge is -2.13. The molecule has 0 spiro atoms. The summed E-state index contributed by atoms with van der Waals surface area (Å²) in [5, 5.41) is 9.99. The van der Waals surface area contributed by atoms with Gasteiger partial charge in [-0.25, -0.2) is 13.2 Å². The average Bonchev–Trinajstić information content (AvgIpc) is 2.37. The quantitative estimate of drug-likeness (QED) is 0.898. The van der Waals surface area contributed by atoms with Gasteiger partial charge in [-0.2, -0.15) is 0 Å². The van der Waals surface area contributed by atoms with E-state index in [1.165, 1.54) is 18.2 Å². The lowest BCUT2D eigenvalue weighted by Crippen LogP contribution is -2.04. The third kappa shape index (κ3) is 3.15. The van der Waals surface area contributed by atoms with Gasteiger partial charge < -0.3 is 5.11 Å². The van der Waals surface area contributed by atoms with Crippen LogP contribution in [0.5, 0.6) is 0 Å². The molecule has 1 unspecified atom stereocenters. The lowest BCUT2D eigenvalue weighted by molar-refractivity contribution is 0.177. The Morgan fingerprint density at radius 3 is 2.42 bits per heavy atom. The second-order valence-corrected chi connectivity index (χ2v) is 4.46. The van der Waals surface area contributed by atoms with E-state index in [1.54, 1.807) is 13.0 Å². The molecule has 0 radical (unpaired) electrons. The minimum Gasteiger partial charge on any atom is -0.388 e. The van der Waals surface area contributed by atoms with Gasteiger partial charge in [-0.15, -0.1) is 0 Å². The molecule has 0 aliphatic carbocycles. The van der Waals surface area contributed by atoms with Gasteiger partial charge in [-0.1, -0.05) is 12.1 Å². The van der Waals surface area contributed by atoms with Crippen molar-refractivity contribution < 1.29 is 18.3 Å². The molecule has 0 saturated heterocycles. The van der Waals surface area contributed by atoms with Gasteiger partial charge in [-0.3, -0.25) is 0 Å². The van der Waals surface area contributed by atoms with E-state index in [2.05, 4.69) is 0 Å². The Morgan fingerprint density at radius 1 is 1.00 bits per heavy atom. The van der Waals surface area contributed by atoms with Crippen molar-refractivity contribution in [2.75, 3.05) is 0 Å². The van der Waals surface area contributed by atoms with E-state index in [4.69, 9.17) is 0 Å². The number of halogens is 3. The third-order valence-electron chi connectivity index (χ3n) is 3.05. The van der Waals surface area contributed by atoms with Gasteiger partial charge in [0.05, 0.1) is 6.10 Å². The second kappa shape index (κ2) is 5.45. The van der Waals surface area contributed by atoms with E-state index in [1.807, 2.05) is 0 Å². The SMILES string of the molecule is Cc1ccc(F)cc1CC(O)c1ccc(F)c(F)c1. The highest BCUT2D eigenvalue weighted by Crippen LogP contribution is 2.22. The Kier molecular flexibility index (Phi) is 3.90. The summed E-state index contributed by atoms with van der Waals surface area (Å²) < 4.78 is 39.0. The van der Waals surface area contributed by atoms with Crippen molar-refractivity contribution >= 4 is 0 Å². The highest BCUT2D eigenvalue weighted by molar-refractivity contribution is 5.29. The topological polar surface area (TPSA) is 20.2 Å². The lowest BCUT2D eigenvalue weighted by atomic mass is 9.98. The Balaban J connectivity index is 2.22. The average molecular weight is 266 g/mol. The zero-order valence-corrected chi connectivity index (χ0v) is 10.3. The summed E-state index contributed by atoms with van der Waals surface area (Å²) in [4.78, 5) is 0. The Labute approximate surface area is 109 Å². The van der Waals surface area contributed by atoms with Crippen molar-refractivity contribution in [3.8, 4) is 0 Å². The molecule has 0 amide bonds. The molecule has 1 N–H and O–H groups in total. The molecule has 19 heavy (non-hydrogen) atoms. The molecule has 4 heteroatoms. The van der Waals surface area contributed by atoms with E-state index < -0.39 is 23.6 Å². The molecule has 0 bridgehead atoms. The normalized spacial score (nSPS) is 12.5. The van der Waals surface area contributed by atoms with Crippen molar-refractivity contribution in [1.29, 1.82) is 0 Å². The standard InChI is InChI=1S/C15H13F3O/c1-9-2-4-12(16)6-11(9)8-15(19)10-3-5-13(17)14(18)7-10/h2-7,15,19H,8H2,1H3. The minimum absolute atomic E-state index is 0.147. The van der Waals surface area contributed by atoms with Crippen LogP contribution in [0.1, 0.15) is 22.8 Å². The molecule has 0 aromatic heterocycles. The minimum atomic E-state index is -1.01. The first-order valence-electron chi connectivity index (χ1n) is 5.85. The van der Waals surface area contributed by atoms with E-state index in [-0.39, 0.29) is 12.0 Å². The van der Waals surface area contributed by atoms with Gasteiger partial charge in [0.2, 0.25) is 0 Å². The zero-order chi connectivity index (χ0) is 14.0. The molecule has 0 fully saturated rings. The van der Waals surface area contributed by atoms with Crippen LogP contribution in [-0.4, -0.2) is 5.11 Å². The first kappa shape index (κ1) is 13.6. The molecule has 100 valence electrons. The first-order chi connectivity index (χ1) is 8.97. The van der Waals surface area contributed by atoms with Gasteiger partial charge in [-0.05, 0) is 47.9 Å². The summed E-state index contributed by atoms with van der Waals surface area (Å²) >= 11 is 0. The molecule has 1 atom stereocenters. The smallest absolute Gasteiger partial charge is 0.159 e. The van der Waals surface area contributed by atoms with Crippen LogP contribution in [0.15, 0.2) is 36.4 Å². The fourth-order valence-electron chi connectivity index (χ4n) is 1.91. The number of hydrogen-bond donors (Lipinski definition) is 1.